The van der Waals surface area contributed by atoms with Crippen molar-refractivity contribution in [3.05, 3.63) is 144 Å². The Balaban J connectivity index is 1.01. The number of para-hydroxylation sites is 1. The van der Waals surface area contributed by atoms with Crippen LogP contribution in [-0.4, -0.2) is 339 Å². The maximum absolute atomic E-state index is 15.9. The van der Waals surface area contributed by atoms with E-state index in [9.17, 15) is 72.9 Å². The number of nitrogens with two attached hydrogens (primary N) is 2. The van der Waals surface area contributed by atoms with Gasteiger partial charge < -0.3 is 126 Å². The van der Waals surface area contributed by atoms with Gasteiger partial charge in [0.1, 0.15) is 79.0 Å². The maximum atomic E-state index is 15.9. The van der Waals surface area contributed by atoms with Gasteiger partial charge in [-0.05, 0) is 127 Å². The predicted octanol–water partition coefficient (Wildman–Crippen LogP) is -1.56. The largest absolute Gasteiger partial charge is 0.481 e. The number of hydrogen-bond donors (Lipinski definition) is 22. The number of thioether (sulfide) groups is 1. The van der Waals surface area contributed by atoms with Gasteiger partial charge in [0, 0.05) is 89.1 Å². The highest BCUT2D eigenvalue weighted by Gasteiger charge is 2.45. The molecule has 5 aromatic carbocycles. The van der Waals surface area contributed by atoms with E-state index in [1.165, 1.54) is 16.6 Å². The lowest BCUT2D eigenvalue weighted by atomic mass is 9.98. The van der Waals surface area contributed by atoms with Crippen molar-refractivity contribution in [3.63, 3.8) is 0 Å². The molecule has 24 N–H and O–H groups in total. The van der Waals surface area contributed by atoms with E-state index in [1.54, 1.807) is 126 Å². The molecule has 0 unspecified atom stereocenters. The number of nitrogens with one attached hydrogen (secondary N) is 17. The van der Waals surface area contributed by atoms with Crippen LogP contribution in [0.1, 0.15) is 127 Å². The smallest absolute Gasteiger partial charge is 0.325 e. The topological polar surface area (TPSA) is 688 Å². The number of fused-ring (bicyclic) bond motifs is 3. The van der Waals surface area contributed by atoms with Gasteiger partial charge in [-0.2, -0.15) is 5.10 Å². The van der Waals surface area contributed by atoms with Gasteiger partial charge in [0.25, 0.3) is 5.91 Å². The van der Waals surface area contributed by atoms with Crippen molar-refractivity contribution in [2.45, 2.75) is 198 Å². The number of ether oxygens (including phenoxy) is 1. The van der Waals surface area contributed by atoms with Gasteiger partial charge >= 0.3 is 11.9 Å². The van der Waals surface area contributed by atoms with Crippen LogP contribution in [0.2, 0.25) is 0 Å². The molecule has 10 rings (SSSR count). The molecule has 4 aliphatic heterocycles. The van der Waals surface area contributed by atoms with Crippen molar-refractivity contribution in [1.82, 2.24) is 104 Å². The number of carboxylic acid groups (broad SMARTS) is 2. The van der Waals surface area contributed by atoms with Crippen LogP contribution in [0, 0.1) is 28.6 Å². The molecule has 149 heavy (non-hydrogen) atoms. The Bertz CT molecular complexity index is 5750. The molecule has 0 bridgehead atoms. The van der Waals surface area contributed by atoms with Crippen LogP contribution in [0.4, 0.5) is 5.69 Å². The number of carbonyl (C=O) groups is 18. The third-order valence-corrected chi connectivity index (χ3v) is 26.5. The maximum Gasteiger partial charge on any atom is 0.325 e. The van der Waals surface area contributed by atoms with Crippen molar-refractivity contribution >= 4 is 147 Å². The first-order valence-electron chi connectivity index (χ1n) is 49.7. The van der Waals surface area contributed by atoms with E-state index in [0.717, 1.165) is 32.7 Å². The van der Waals surface area contributed by atoms with Crippen molar-refractivity contribution in [3.8, 4) is 22.3 Å². The molecule has 48 heteroatoms. The molecule has 0 spiro atoms. The number of aliphatic hydroxyl groups is 1. The minimum Gasteiger partial charge on any atom is -0.481 e. The van der Waals surface area contributed by atoms with Gasteiger partial charge in [0.2, 0.25) is 88.6 Å². The number of amides is 16. The van der Waals surface area contributed by atoms with E-state index >= 15 is 28.8 Å². The zero-order valence-electron chi connectivity index (χ0n) is 84.4. The molecule has 12 atom stereocenters. The Morgan fingerprint density at radius 2 is 1.02 bits per heavy atom. The SMILES string of the molecule is CC(C)C[C@@H]1NC(=O)[C@H](CCCNC(=N)N)NC(=O)[C@H](C(C)C)NC(=O)[C@@H]2CCCN2C(=O)[C@H](C(C)C)NC(=O)[C@@H](CCCNC(=N)NCCO)NC(=O)[C@H](CC(=O)O)NC(=O)[C@@H]2CCCN2C(=O)CN(C)C(=O)[C@H](Cc2ccc(-c3ccc(NC(=O)c4nn(CC(=O)O)c5ccccc45)cc3)cc2)NC(=O)[C@H](Cc2ccc(-c3ccccc3)cc2)NC(=O)[C@H](CN2CCOCC2)NC(=O)CSC[C@@H](C(=O)NCC(N)=O)NC1=O. The van der Waals surface area contributed by atoms with Crippen molar-refractivity contribution < 1.29 is 106 Å². The van der Waals surface area contributed by atoms with Gasteiger partial charge in [-0.3, -0.25) is 107 Å². The third-order valence-electron chi connectivity index (χ3n) is 25.5. The monoisotopic (exact) mass is 2080 g/mol. The summed E-state index contributed by atoms with van der Waals surface area (Å²) in [5, 5.41) is 90.6. The summed E-state index contributed by atoms with van der Waals surface area (Å²) in [6.45, 7) is 8.26. The number of nitrogens with zero attached hydrogens (tertiary/aromatic N) is 6. The summed E-state index contributed by atoms with van der Waals surface area (Å²) >= 11 is 0.809. The zero-order valence-corrected chi connectivity index (χ0v) is 85.2. The zero-order chi connectivity index (χ0) is 108. The molecule has 0 aliphatic carbocycles. The number of primary amides is 1. The summed E-state index contributed by atoms with van der Waals surface area (Å²) < 4.78 is 6.88. The minimum atomic E-state index is -1.96. The number of anilines is 1. The van der Waals surface area contributed by atoms with Crippen LogP contribution in [0.5, 0.6) is 0 Å². The van der Waals surface area contributed by atoms with Crippen LogP contribution in [0.15, 0.2) is 127 Å². The predicted molar refractivity (Wildman–Crippen MR) is 550 cm³/mol. The van der Waals surface area contributed by atoms with Crippen LogP contribution in [0.3, 0.4) is 0 Å². The standard InChI is InChI=1S/C101H137N25O22S/c1-57(2)47-70-90(138)118-75(87(135)109-51-79(102)128)55-149-56-80(129)111-74(52-123-42-45-148-46-43-123)93(141)115-71(48-60-25-29-63(30-26-60)62-17-9-8-10-18-62)91(139)117-73(49-61-27-31-64(32-28-61)65-33-35-66(36-34-65)110-97(145)86-67-19-11-12-22-76(67)126(121-86)54-83(133)134)98(146)122(7)53-81(130)124-40-15-23-77(124)94(142)116-72(50-82(131)132)92(140)112-69(21-14-38-107-101(105)108-39-44-127)89(137)120-85(59(5)6)99(147)125-41-16-24-78(125)95(143)119-84(58(3)4)96(144)113-68(88(136)114-70)20-13-37-106-100(103)104/h8-12,17-19,22,25-36,57-59,68-75,77-78,84-85,127H,13-16,20-21,23-24,37-56H2,1-7H3,(H2,102,128)(H,109,135)(H,110,145)(H,111,129)(H,112,140)(H,113,144)(H,114,136)(H,115,141)(H,116,142)(H,117,139)(H,118,138)(H,119,143)(H,120,137)(H,131,132)(H,133,134)(H4,103,104,106)(H3,105,107,108)/t68-,69+,70-,71-,72-,73-,74-,75-,77-,78-,84-,85-/m0/s1. The first-order chi connectivity index (χ1) is 71.1. The van der Waals surface area contributed by atoms with Crippen LogP contribution < -0.4 is 91.2 Å². The average molecular weight is 2090 g/mol. The summed E-state index contributed by atoms with van der Waals surface area (Å²) in [5.74, 6) is -20.5. The van der Waals surface area contributed by atoms with Crippen molar-refractivity contribution in [2.24, 2.45) is 29.2 Å². The number of rotatable bonds is 31. The lowest BCUT2D eigenvalue weighted by molar-refractivity contribution is -0.145. The van der Waals surface area contributed by atoms with Crippen molar-refractivity contribution in [2.75, 3.05) is 109 Å². The number of aliphatic hydroxyl groups excluding tert-OH is 1. The summed E-state index contributed by atoms with van der Waals surface area (Å²) in [4.78, 5) is 266. The van der Waals surface area contributed by atoms with Gasteiger partial charge in [-0.25, -0.2) is 0 Å². The van der Waals surface area contributed by atoms with E-state index < -0.39 is 234 Å². The first kappa shape index (κ1) is 116. The van der Waals surface area contributed by atoms with Crippen molar-refractivity contribution in [1.29, 1.82) is 10.8 Å². The second kappa shape index (κ2) is 56.6. The first-order valence-corrected chi connectivity index (χ1v) is 50.9. The number of carbonyl (C=O) groups excluding carboxylic acids is 16. The van der Waals surface area contributed by atoms with E-state index in [1.807, 2.05) is 47.4 Å². The summed E-state index contributed by atoms with van der Waals surface area (Å²) in [6.07, 6.45) is -1.68. The van der Waals surface area contributed by atoms with E-state index in [-0.39, 0.29) is 160 Å². The van der Waals surface area contributed by atoms with Gasteiger partial charge in [0.15, 0.2) is 17.6 Å². The summed E-state index contributed by atoms with van der Waals surface area (Å²) in [5.41, 5.74) is 15.8. The lowest BCUT2D eigenvalue weighted by Gasteiger charge is -2.33. The molecule has 804 valence electrons. The fraction of sp³-hybridized carbons (Fsp3) is 0.495. The third kappa shape index (κ3) is 35.0. The Labute approximate surface area is 865 Å². The van der Waals surface area contributed by atoms with Gasteiger partial charge in [-0.15, -0.1) is 11.8 Å². The molecular weight excluding hydrogens is 1950 g/mol. The fourth-order valence-corrected chi connectivity index (χ4v) is 18.6. The molecule has 16 amide bonds. The molecule has 4 saturated heterocycles. The minimum absolute atomic E-state index is 0.00159. The Morgan fingerprint density at radius 1 is 0.517 bits per heavy atom. The normalized spacial score (nSPS) is 22.3. The van der Waals surface area contributed by atoms with E-state index in [0.29, 0.717) is 38.8 Å². The number of morpholine rings is 1. The quantitative estimate of drug-likeness (QED) is 0.0133. The van der Waals surface area contributed by atoms with Gasteiger partial charge in [0.05, 0.1) is 50.6 Å². The van der Waals surface area contributed by atoms with Crippen LogP contribution in [-0.2, 0) is 106 Å². The second-order valence-corrected chi connectivity index (χ2v) is 39.2. The lowest BCUT2D eigenvalue weighted by Crippen LogP contribution is -2.61. The van der Waals surface area contributed by atoms with E-state index in [4.69, 9.17) is 27.0 Å². The van der Waals surface area contributed by atoms with E-state index in [2.05, 4.69) is 84.9 Å². The number of likely N-dealkylation sites (N-methyl/N-ethyl adjacent to an activating group) is 1. The number of guanidine groups is 2. The summed E-state index contributed by atoms with van der Waals surface area (Å²) in [6, 6.07) is 18.3. The number of aliphatic carboxylic acids is 2. The Hall–Kier alpha value is -15.2. The second-order valence-electron chi connectivity index (χ2n) is 38.2. The highest BCUT2D eigenvalue weighted by Crippen LogP contribution is 2.29. The van der Waals surface area contributed by atoms with Gasteiger partial charge in [-0.1, -0.05) is 151 Å². The Kier molecular flexibility index (Phi) is 44.0. The molecule has 6 aromatic rings. The Morgan fingerprint density at radius 3 is 1.62 bits per heavy atom. The number of benzene rings is 5. The number of aromatic nitrogens is 2. The molecule has 5 heterocycles. The molecule has 47 nitrogen and oxygen atoms in total. The summed E-state index contributed by atoms with van der Waals surface area (Å²) in [7, 11) is 1.27. The van der Waals surface area contributed by atoms with Crippen LogP contribution in [0.25, 0.3) is 33.2 Å². The fourth-order valence-electron chi connectivity index (χ4n) is 17.7. The molecule has 4 fully saturated rings. The molecule has 0 saturated carbocycles. The molecule has 4 aliphatic rings. The van der Waals surface area contributed by atoms with Crippen LogP contribution >= 0.6 is 11.8 Å². The highest BCUT2D eigenvalue weighted by atomic mass is 32.2. The molecule has 1 aromatic heterocycles. The molecule has 0 radical (unpaired) electrons. The highest BCUT2D eigenvalue weighted by molar-refractivity contribution is 8.00. The molecular formula is C101H137N25O22S. The number of hydrogen-bond acceptors (Lipinski definition) is 25. The average Bonchev–Trinajstić information content (AvgIpc) is 1.62. The number of carboxylic acids is 2.